The average Bonchev–Trinajstić information content (AvgIpc) is 2.90. The third kappa shape index (κ3) is 2.58. The summed E-state index contributed by atoms with van der Waals surface area (Å²) in [7, 11) is 1.94. The molecule has 2 aromatic heterocycles. The predicted octanol–water partition coefficient (Wildman–Crippen LogP) is 2.38. The lowest BCUT2D eigenvalue weighted by atomic mass is 9.89. The second kappa shape index (κ2) is 5.71. The van der Waals surface area contributed by atoms with Crippen molar-refractivity contribution in [3.05, 3.63) is 29.7 Å². The van der Waals surface area contributed by atoms with Gasteiger partial charge in [0.05, 0.1) is 0 Å². The fourth-order valence-corrected chi connectivity index (χ4v) is 2.84. The third-order valence-corrected chi connectivity index (χ3v) is 4.04. The van der Waals surface area contributed by atoms with Gasteiger partial charge < -0.3 is 5.73 Å². The number of aromatic nitrogens is 4. The summed E-state index contributed by atoms with van der Waals surface area (Å²) in [6, 6.07) is 3.97. The van der Waals surface area contributed by atoms with Crippen molar-refractivity contribution in [2.75, 3.05) is 0 Å². The molecule has 0 unspecified atom stereocenters. The Morgan fingerprint density at radius 3 is 2.70 bits per heavy atom. The summed E-state index contributed by atoms with van der Waals surface area (Å²) in [5, 5.41) is 4.59. The van der Waals surface area contributed by atoms with Gasteiger partial charge in [0.1, 0.15) is 5.69 Å². The molecule has 5 heteroatoms. The van der Waals surface area contributed by atoms with Crippen LogP contribution >= 0.6 is 0 Å². The van der Waals surface area contributed by atoms with E-state index in [9.17, 15) is 0 Å². The molecule has 1 fully saturated rings. The van der Waals surface area contributed by atoms with E-state index in [1.807, 2.05) is 30.1 Å². The highest BCUT2D eigenvalue weighted by Gasteiger charge is 2.21. The van der Waals surface area contributed by atoms with Crippen LogP contribution in [0.25, 0.3) is 11.5 Å². The molecule has 2 N–H and O–H groups in total. The van der Waals surface area contributed by atoms with Crippen LogP contribution in [0.1, 0.15) is 49.4 Å². The Bertz CT molecular complexity index is 566. The summed E-state index contributed by atoms with van der Waals surface area (Å²) >= 11 is 0. The lowest BCUT2D eigenvalue weighted by molar-refractivity contribution is 0.427. The van der Waals surface area contributed by atoms with Gasteiger partial charge in [-0.2, -0.15) is 5.10 Å². The predicted molar refractivity (Wildman–Crippen MR) is 78.0 cm³/mol. The van der Waals surface area contributed by atoms with E-state index in [1.165, 1.54) is 32.1 Å². The molecule has 0 saturated heterocycles. The van der Waals surface area contributed by atoms with Crippen molar-refractivity contribution in [1.82, 2.24) is 19.7 Å². The maximum atomic E-state index is 5.60. The van der Waals surface area contributed by atoms with Crippen molar-refractivity contribution in [1.29, 1.82) is 0 Å². The van der Waals surface area contributed by atoms with E-state index < -0.39 is 0 Å². The van der Waals surface area contributed by atoms with Crippen molar-refractivity contribution >= 4 is 0 Å². The van der Waals surface area contributed by atoms with Crippen LogP contribution in [0.3, 0.4) is 0 Å². The number of nitrogens with two attached hydrogens (primary N) is 1. The van der Waals surface area contributed by atoms with Crippen LogP contribution in [-0.2, 0) is 13.6 Å². The molecule has 0 amide bonds. The van der Waals surface area contributed by atoms with Crippen LogP contribution in [0.4, 0.5) is 0 Å². The molecule has 0 atom stereocenters. The van der Waals surface area contributed by atoms with Crippen LogP contribution in [0.15, 0.2) is 18.3 Å². The molecule has 20 heavy (non-hydrogen) atoms. The fourth-order valence-electron chi connectivity index (χ4n) is 2.84. The standard InChI is InChI=1S/C15H21N5/c1-20-15(13-8-7-11(9-16)10-17-13)18-14(19-20)12-5-3-2-4-6-12/h7-8,10,12H,2-6,9,16H2,1H3. The largest absolute Gasteiger partial charge is 0.326 e. The Kier molecular flexibility index (Phi) is 3.78. The molecule has 1 saturated carbocycles. The smallest absolute Gasteiger partial charge is 0.176 e. The van der Waals surface area contributed by atoms with E-state index >= 15 is 0 Å². The Hall–Kier alpha value is -1.75. The van der Waals surface area contributed by atoms with Gasteiger partial charge in [0.2, 0.25) is 0 Å². The molecule has 3 rings (SSSR count). The first-order valence-corrected chi connectivity index (χ1v) is 7.34. The van der Waals surface area contributed by atoms with Crippen LogP contribution in [0.2, 0.25) is 0 Å². The molecule has 106 valence electrons. The van der Waals surface area contributed by atoms with Crippen molar-refractivity contribution in [2.45, 2.75) is 44.6 Å². The van der Waals surface area contributed by atoms with Crippen molar-refractivity contribution in [3.63, 3.8) is 0 Å². The first kappa shape index (κ1) is 13.2. The second-order valence-electron chi connectivity index (χ2n) is 5.51. The summed E-state index contributed by atoms with van der Waals surface area (Å²) in [6.07, 6.45) is 8.16. The molecular formula is C15H21N5. The molecule has 2 heterocycles. The van der Waals surface area contributed by atoms with Gasteiger partial charge in [-0.3, -0.25) is 4.98 Å². The minimum absolute atomic E-state index is 0.513. The normalized spacial score (nSPS) is 16.5. The number of aryl methyl sites for hydroxylation is 1. The summed E-state index contributed by atoms with van der Waals surface area (Å²) < 4.78 is 1.84. The van der Waals surface area contributed by atoms with E-state index in [4.69, 9.17) is 10.7 Å². The van der Waals surface area contributed by atoms with Crippen molar-refractivity contribution in [2.24, 2.45) is 12.8 Å². The van der Waals surface area contributed by atoms with Gasteiger partial charge in [-0.05, 0) is 24.5 Å². The molecule has 1 aliphatic carbocycles. The van der Waals surface area contributed by atoms with Gasteiger partial charge in [0.15, 0.2) is 11.6 Å². The van der Waals surface area contributed by atoms with Gasteiger partial charge in [-0.1, -0.05) is 25.3 Å². The van der Waals surface area contributed by atoms with Crippen LogP contribution in [0, 0.1) is 0 Å². The SMILES string of the molecule is Cn1nc(C2CCCCC2)nc1-c1ccc(CN)cn1. The topological polar surface area (TPSA) is 69.6 Å². The van der Waals surface area contributed by atoms with E-state index in [-0.39, 0.29) is 0 Å². The maximum Gasteiger partial charge on any atom is 0.176 e. The van der Waals surface area contributed by atoms with Gasteiger partial charge in [0, 0.05) is 25.7 Å². The van der Waals surface area contributed by atoms with E-state index in [2.05, 4.69) is 10.1 Å². The minimum Gasteiger partial charge on any atom is -0.326 e. The molecule has 0 spiro atoms. The van der Waals surface area contributed by atoms with Crippen LogP contribution < -0.4 is 5.73 Å². The third-order valence-electron chi connectivity index (χ3n) is 4.04. The minimum atomic E-state index is 0.513. The highest BCUT2D eigenvalue weighted by Crippen LogP contribution is 2.31. The number of rotatable bonds is 3. The quantitative estimate of drug-likeness (QED) is 0.930. The highest BCUT2D eigenvalue weighted by molar-refractivity contribution is 5.49. The zero-order valence-corrected chi connectivity index (χ0v) is 11.9. The first-order chi connectivity index (χ1) is 9.78. The number of hydrogen-bond acceptors (Lipinski definition) is 4. The summed E-state index contributed by atoms with van der Waals surface area (Å²) in [6.45, 7) is 0.513. The van der Waals surface area contributed by atoms with E-state index in [0.717, 1.165) is 22.9 Å². The number of pyridine rings is 1. The van der Waals surface area contributed by atoms with E-state index in [1.54, 1.807) is 0 Å². The van der Waals surface area contributed by atoms with Crippen molar-refractivity contribution < 1.29 is 0 Å². The molecule has 0 aromatic carbocycles. The molecule has 5 nitrogen and oxygen atoms in total. The molecule has 0 aliphatic heterocycles. The molecule has 0 bridgehead atoms. The lowest BCUT2D eigenvalue weighted by Crippen LogP contribution is -2.06. The fraction of sp³-hybridized carbons (Fsp3) is 0.533. The monoisotopic (exact) mass is 271 g/mol. The highest BCUT2D eigenvalue weighted by atomic mass is 15.3. The first-order valence-electron chi connectivity index (χ1n) is 7.34. The zero-order chi connectivity index (χ0) is 13.9. The van der Waals surface area contributed by atoms with Gasteiger partial charge in [-0.25, -0.2) is 9.67 Å². The Morgan fingerprint density at radius 2 is 2.05 bits per heavy atom. The van der Waals surface area contributed by atoms with E-state index in [0.29, 0.717) is 12.5 Å². The Morgan fingerprint density at radius 1 is 1.25 bits per heavy atom. The summed E-state index contributed by atoms with van der Waals surface area (Å²) in [5.74, 6) is 2.34. The Balaban J connectivity index is 1.87. The number of hydrogen-bond donors (Lipinski definition) is 1. The second-order valence-corrected chi connectivity index (χ2v) is 5.51. The Labute approximate surface area is 119 Å². The molecule has 0 radical (unpaired) electrons. The number of nitrogens with zero attached hydrogens (tertiary/aromatic N) is 4. The van der Waals surface area contributed by atoms with Gasteiger partial charge in [0.25, 0.3) is 0 Å². The van der Waals surface area contributed by atoms with Crippen molar-refractivity contribution in [3.8, 4) is 11.5 Å². The van der Waals surface area contributed by atoms with Gasteiger partial charge >= 0.3 is 0 Å². The molecular weight excluding hydrogens is 250 g/mol. The average molecular weight is 271 g/mol. The van der Waals surface area contributed by atoms with Crippen LogP contribution in [-0.4, -0.2) is 19.7 Å². The lowest BCUT2D eigenvalue weighted by Gasteiger charge is -2.18. The van der Waals surface area contributed by atoms with Gasteiger partial charge in [-0.15, -0.1) is 0 Å². The molecule has 2 aromatic rings. The maximum absolute atomic E-state index is 5.60. The zero-order valence-electron chi connectivity index (χ0n) is 11.9. The summed E-state index contributed by atoms with van der Waals surface area (Å²) in [5.41, 5.74) is 7.49. The summed E-state index contributed by atoms with van der Waals surface area (Å²) in [4.78, 5) is 9.15. The van der Waals surface area contributed by atoms with Crippen LogP contribution in [0.5, 0.6) is 0 Å². The molecule has 1 aliphatic rings.